The number of hydrogen-bond acceptors (Lipinski definition) is 7. The number of allylic oxidation sites excluding steroid dienone is 2. The second-order valence-corrected chi connectivity index (χ2v) is 7.60. The Morgan fingerprint density at radius 3 is 2.48 bits per heavy atom. The number of nitriles is 2. The number of nitrogens with zero attached hydrogens (tertiary/aromatic N) is 3. The van der Waals surface area contributed by atoms with Crippen molar-refractivity contribution in [2.45, 2.75) is 53.4 Å². The van der Waals surface area contributed by atoms with Crippen LogP contribution >= 0.6 is 0 Å². The summed E-state index contributed by atoms with van der Waals surface area (Å²) in [7, 11) is 1.56. The number of anilines is 1. The average Bonchev–Trinajstić information content (AvgIpc) is 2.80. The van der Waals surface area contributed by atoms with Crippen LogP contribution in [-0.2, 0) is 4.79 Å². The van der Waals surface area contributed by atoms with Crippen molar-refractivity contribution < 1.29 is 14.3 Å². The number of rotatable bonds is 6. The summed E-state index contributed by atoms with van der Waals surface area (Å²) >= 11 is 0. The standard InChI is InChI=1S/C22H23N3O3.C4H7N/c1-6-28-22-20-19(16-8-7-15(10-23)9-17(16)27-5)18(14(4)26)13(3)25-21(20)12(2)11-24-22;1-2-3-4-5/h7-9,11,19,25H,6H2,1-5H3;2-3H2,1H3. The van der Waals surface area contributed by atoms with Gasteiger partial charge in [-0.25, -0.2) is 4.98 Å². The fourth-order valence-corrected chi connectivity index (χ4v) is 3.82. The van der Waals surface area contributed by atoms with E-state index in [2.05, 4.69) is 16.4 Å². The monoisotopic (exact) mass is 446 g/mol. The SMILES string of the molecule is CCCC#N.CCOc1ncc(C)c2c1C(c1ccc(C#N)cc1OC)C(C(C)=O)=C(C)N2. The summed E-state index contributed by atoms with van der Waals surface area (Å²) in [4.78, 5) is 17.1. The fraction of sp³-hybridized carbons (Fsp3) is 0.385. The average molecular weight is 447 g/mol. The van der Waals surface area contributed by atoms with E-state index in [0.29, 0.717) is 35.8 Å². The van der Waals surface area contributed by atoms with Gasteiger partial charge in [-0.05, 0) is 51.8 Å². The molecule has 2 aromatic rings. The number of hydrogen-bond donors (Lipinski definition) is 1. The lowest BCUT2D eigenvalue weighted by Crippen LogP contribution is -2.24. The van der Waals surface area contributed by atoms with Gasteiger partial charge in [0.15, 0.2) is 5.78 Å². The van der Waals surface area contributed by atoms with E-state index >= 15 is 0 Å². The zero-order chi connectivity index (χ0) is 24.5. The fourth-order valence-electron chi connectivity index (χ4n) is 3.82. The summed E-state index contributed by atoms with van der Waals surface area (Å²) < 4.78 is 11.4. The molecule has 0 aliphatic carbocycles. The number of carbonyl (C=O) groups excluding carboxylic acids is 1. The Bertz CT molecular complexity index is 1140. The Labute approximate surface area is 195 Å². The van der Waals surface area contributed by atoms with Crippen molar-refractivity contribution in [1.82, 2.24) is 4.98 Å². The molecule has 1 N–H and O–H groups in total. The van der Waals surface area contributed by atoms with Crippen molar-refractivity contribution in [3.8, 4) is 23.8 Å². The molecule has 172 valence electrons. The number of fused-ring (bicyclic) bond motifs is 1. The molecular weight excluding hydrogens is 416 g/mol. The summed E-state index contributed by atoms with van der Waals surface area (Å²) in [6, 6.07) is 9.40. The highest BCUT2D eigenvalue weighted by molar-refractivity contribution is 5.99. The summed E-state index contributed by atoms with van der Waals surface area (Å²) in [6.45, 7) is 9.75. The Hall–Kier alpha value is -3.84. The number of methoxy groups -OCH3 is 1. The molecule has 1 aliphatic rings. The minimum absolute atomic E-state index is 0.0454. The summed E-state index contributed by atoms with van der Waals surface area (Å²) in [5.41, 5.74) is 5.35. The molecule has 2 heterocycles. The van der Waals surface area contributed by atoms with Crippen molar-refractivity contribution in [3.05, 3.63) is 57.9 Å². The van der Waals surface area contributed by atoms with E-state index in [1.54, 1.807) is 32.4 Å². The quantitative estimate of drug-likeness (QED) is 0.633. The van der Waals surface area contributed by atoms with E-state index in [1.807, 2.05) is 39.8 Å². The molecule has 1 aliphatic heterocycles. The second-order valence-electron chi connectivity index (χ2n) is 7.60. The van der Waals surface area contributed by atoms with Gasteiger partial charge in [0.1, 0.15) is 5.75 Å². The van der Waals surface area contributed by atoms with Crippen LogP contribution < -0.4 is 14.8 Å². The predicted molar refractivity (Wildman–Crippen MR) is 127 cm³/mol. The number of benzene rings is 1. The van der Waals surface area contributed by atoms with E-state index in [0.717, 1.165) is 34.5 Å². The molecule has 1 atom stereocenters. The van der Waals surface area contributed by atoms with Crippen molar-refractivity contribution in [1.29, 1.82) is 10.5 Å². The summed E-state index contributed by atoms with van der Waals surface area (Å²) in [5.74, 6) is 0.576. The molecule has 0 amide bonds. The number of pyridine rings is 1. The number of unbranched alkanes of at least 4 members (excludes halogenated alkanes) is 1. The highest BCUT2D eigenvalue weighted by atomic mass is 16.5. The molecule has 1 unspecified atom stereocenters. The molecule has 0 spiro atoms. The highest BCUT2D eigenvalue weighted by Gasteiger charge is 2.36. The lowest BCUT2D eigenvalue weighted by molar-refractivity contribution is -0.113. The summed E-state index contributed by atoms with van der Waals surface area (Å²) in [6.07, 6.45) is 3.44. The minimum Gasteiger partial charge on any atom is -0.496 e. The first-order chi connectivity index (χ1) is 15.8. The number of ketones is 1. The second kappa shape index (κ2) is 11.7. The Morgan fingerprint density at radius 2 is 1.97 bits per heavy atom. The van der Waals surface area contributed by atoms with Gasteiger partial charge in [-0.1, -0.05) is 13.0 Å². The lowest BCUT2D eigenvalue weighted by atomic mass is 9.78. The van der Waals surface area contributed by atoms with E-state index in [9.17, 15) is 10.1 Å². The van der Waals surface area contributed by atoms with E-state index in [1.165, 1.54) is 0 Å². The third-order valence-electron chi connectivity index (χ3n) is 5.26. The van der Waals surface area contributed by atoms with Crippen molar-refractivity contribution in [3.63, 3.8) is 0 Å². The van der Waals surface area contributed by atoms with Gasteiger partial charge < -0.3 is 14.8 Å². The molecule has 0 saturated carbocycles. The van der Waals surface area contributed by atoms with Crippen LogP contribution in [0.4, 0.5) is 5.69 Å². The lowest BCUT2D eigenvalue weighted by Gasteiger charge is -2.32. The van der Waals surface area contributed by atoms with Gasteiger partial charge in [0, 0.05) is 29.5 Å². The maximum absolute atomic E-state index is 12.6. The topological polar surface area (TPSA) is 108 Å². The van der Waals surface area contributed by atoms with Gasteiger partial charge >= 0.3 is 0 Å². The third kappa shape index (κ3) is 5.51. The van der Waals surface area contributed by atoms with E-state index in [4.69, 9.17) is 14.7 Å². The molecule has 0 fully saturated rings. The van der Waals surface area contributed by atoms with Crippen LogP contribution in [0.1, 0.15) is 68.7 Å². The van der Waals surface area contributed by atoms with Crippen molar-refractivity contribution >= 4 is 11.5 Å². The van der Waals surface area contributed by atoms with Crippen LogP contribution in [0, 0.1) is 29.6 Å². The number of ether oxygens (including phenoxy) is 2. The maximum Gasteiger partial charge on any atom is 0.219 e. The normalized spacial score (nSPS) is 14.0. The molecule has 0 saturated heterocycles. The molecule has 7 nitrogen and oxygen atoms in total. The molecular formula is C26H30N4O3. The predicted octanol–water partition coefficient (Wildman–Crippen LogP) is 5.40. The van der Waals surface area contributed by atoms with Gasteiger partial charge in [-0.2, -0.15) is 10.5 Å². The summed E-state index contributed by atoms with van der Waals surface area (Å²) in [5, 5.41) is 20.4. The molecule has 3 rings (SSSR count). The number of aromatic nitrogens is 1. The molecule has 0 bridgehead atoms. The smallest absolute Gasteiger partial charge is 0.219 e. The molecule has 33 heavy (non-hydrogen) atoms. The van der Waals surface area contributed by atoms with Gasteiger partial charge in [0.05, 0.1) is 48.6 Å². The van der Waals surface area contributed by atoms with Gasteiger partial charge in [-0.15, -0.1) is 0 Å². The zero-order valence-electron chi connectivity index (χ0n) is 20.1. The van der Waals surface area contributed by atoms with Crippen LogP contribution in [0.2, 0.25) is 0 Å². The van der Waals surface area contributed by atoms with E-state index in [-0.39, 0.29) is 5.78 Å². The first kappa shape index (κ1) is 25.4. The number of aryl methyl sites for hydroxylation is 1. The van der Waals surface area contributed by atoms with E-state index < -0.39 is 5.92 Å². The van der Waals surface area contributed by atoms with Crippen molar-refractivity contribution in [2.24, 2.45) is 0 Å². The largest absolute Gasteiger partial charge is 0.496 e. The molecule has 0 radical (unpaired) electrons. The highest BCUT2D eigenvalue weighted by Crippen LogP contribution is 2.49. The Balaban J connectivity index is 0.000000696. The Kier molecular flexibility index (Phi) is 9.00. The third-order valence-corrected chi connectivity index (χ3v) is 5.26. The van der Waals surface area contributed by atoms with Crippen LogP contribution in [0.5, 0.6) is 11.6 Å². The van der Waals surface area contributed by atoms with Crippen LogP contribution in [0.15, 0.2) is 35.7 Å². The zero-order valence-corrected chi connectivity index (χ0v) is 20.1. The van der Waals surface area contributed by atoms with Gasteiger partial charge in [-0.3, -0.25) is 4.79 Å². The van der Waals surface area contributed by atoms with Crippen molar-refractivity contribution in [2.75, 3.05) is 19.0 Å². The number of nitrogens with one attached hydrogen (secondary N) is 1. The Morgan fingerprint density at radius 1 is 1.24 bits per heavy atom. The molecule has 1 aromatic heterocycles. The molecule has 1 aromatic carbocycles. The first-order valence-corrected chi connectivity index (χ1v) is 10.9. The van der Waals surface area contributed by atoms with Crippen LogP contribution in [0.25, 0.3) is 0 Å². The minimum atomic E-state index is -0.412. The molecule has 7 heteroatoms. The number of Topliss-reactive ketones (excluding diaryl/α,β-unsaturated/α-hetero) is 1. The maximum atomic E-state index is 12.6. The van der Waals surface area contributed by atoms with Gasteiger partial charge in [0.25, 0.3) is 0 Å². The van der Waals surface area contributed by atoms with Gasteiger partial charge in [0.2, 0.25) is 5.88 Å². The van der Waals surface area contributed by atoms with Crippen LogP contribution in [0.3, 0.4) is 0 Å². The van der Waals surface area contributed by atoms with Crippen LogP contribution in [-0.4, -0.2) is 24.5 Å². The first-order valence-electron chi connectivity index (χ1n) is 10.9. The number of carbonyl (C=O) groups is 1.